The average molecular weight is 400 g/mol. The highest BCUT2D eigenvalue weighted by Gasteiger charge is 2.25. The predicted molar refractivity (Wildman–Crippen MR) is 114 cm³/mol. The van der Waals surface area contributed by atoms with Crippen LogP contribution in [0.25, 0.3) is 12.2 Å². The summed E-state index contributed by atoms with van der Waals surface area (Å²) >= 11 is 0. The first kappa shape index (κ1) is 19.5. The van der Waals surface area contributed by atoms with Gasteiger partial charge in [0.1, 0.15) is 17.2 Å². The van der Waals surface area contributed by atoms with Crippen molar-refractivity contribution in [1.29, 1.82) is 0 Å². The van der Waals surface area contributed by atoms with Gasteiger partial charge >= 0.3 is 5.97 Å². The fourth-order valence-corrected chi connectivity index (χ4v) is 3.64. The van der Waals surface area contributed by atoms with Gasteiger partial charge in [-0.2, -0.15) is 0 Å². The van der Waals surface area contributed by atoms with E-state index in [0.717, 1.165) is 5.22 Å². The van der Waals surface area contributed by atoms with Crippen LogP contribution in [0.1, 0.15) is 45.7 Å². The lowest BCUT2D eigenvalue weighted by Gasteiger charge is -2.22. The highest BCUT2D eigenvalue weighted by atomic mass is 16.5. The monoisotopic (exact) mass is 400 g/mol. The molecule has 0 radical (unpaired) electrons. The predicted octanol–water partition coefficient (Wildman–Crippen LogP) is 3.69. The fraction of sp³-hybridized carbons (Fsp3) is 0.120. The fourth-order valence-electron chi connectivity index (χ4n) is 3.64. The summed E-state index contributed by atoms with van der Waals surface area (Å²) in [7, 11) is 0. The molecule has 0 spiro atoms. The van der Waals surface area contributed by atoms with Crippen LogP contribution in [0.15, 0.2) is 54.6 Å². The molecule has 0 saturated carbocycles. The van der Waals surface area contributed by atoms with E-state index in [0.29, 0.717) is 39.0 Å². The van der Waals surface area contributed by atoms with Crippen molar-refractivity contribution in [2.24, 2.45) is 5.92 Å². The Balaban J connectivity index is 2.07. The summed E-state index contributed by atoms with van der Waals surface area (Å²) in [6.07, 6.45) is 0. The normalized spacial score (nSPS) is 12.2. The molecule has 0 unspecified atom stereocenters. The van der Waals surface area contributed by atoms with E-state index in [9.17, 15) is 19.8 Å². The van der Waals surface area contributed by atoms with E-state index in [-0.39, 0.29) is 23.0 Å². The lowest BCUT2D eigenvalue weighted by Crippen LogP contribution is -2.21. The Hall–Kier alpha value is -3.86. The largest absolute Gasteiger partial charge is 0.508 e. The van der Waals surface area contributed by atoms with Gasteiger partial charge in [0.2, 0.25) is 0 Å². The summed E-state index contributed by atoms with van der Waals surface area (Å²) < 4.78 is 5.96. The number of fused-ring (bicyclic) bond motifs is 2. The van der Waals surface area contributed by atoms with E-state index < -0.39 is 5.97 Å². The Bertz CT molecular complexity index is 1320. The van der Waals surface area contributed by atoms with E-state index in [4.69, 9.17) is 4.74 Å². The number of ether oxygens (including phenoxy) is 1. The van der Waals surface area contributed by atoms with E-state index in [2.05, 4.69) is 6.58 Å². The van der Waals surface area contributed by atoms with Gasteiger partial charge in [0.25, 0.3) is 0 Å². The van der Waals surface area contributed by atoms with Gasteiger partial charge in [0, 0.05) is 33.9 Å². The average Bonchev–Trinajstić information content (AvgIpc) is 2.70. The maximum Gasteiger partial charge on any atom is 0.336 e. The Morgan fingerprint density at radius 2 is 1.67 bits per heavy atom. The summed E-state index contributed by atoms with van der Waals surface area (Å²) in [5.74, 6) is -0.505. The van der Waals surface area contributed by atoms with Crippen LogP contribution in [-0.2, 0) is 0 Å². The van der Waals surface area contributed by atoms with Crippen molar-refractivity contribution in [3.05, 3.63) is 87.3 Å². The molecule has 0 bridgehead atoms. The molecular formula is C25H20O5. The summed E-state index contributed by atoms with van der Waals surface area (Å²) in [6.45, 7) is 7.48. The molecule has 0 fully saturated rings. The van der Waals surface area contributed by atoms with Crippen LogP contribution < -0.4 is 15.2 Å². The molecule has 3 aromatic rings. The van der Waals surface area contributed by atoms with Crippen molar-refractivity contribution in [1.82, 2.24) is 0 Å². The Labute approximate surface area is 173 Å². The lowest BCUT2D eigenvalue weighted by molar-refractivity contribution is 0.0696. The summed E-state index contributed by atoms with van der Waals surface area (Å²) in [6, 6.07) is 14.9. The van der Waals surface area contributed by atoms with Gasteiger partial charge in [0.15, 0.2) is 5.78 Å². The highest BCUT2D eigenvalue weighted by Crippen LogP contribution is 2.39. The zero-order valence-corrected chi connectivity index (χ0v) is 16.6. The first-order valence-corrected chi connectivity index (χ1v) is 9.52. The molecule has 4 rings (SSSR count). The number of Topliss-reactive ketones (excluding diaryl/α,β-unsaturated/α-hetero) is 1. The Morgan fingerprint density at radius 3 is 2.37 bits per heavy atom. The standard InChI is InChI=1S/C25H20O5/c1-13(2)24(27)15-5-8-17(20(11-15)25(28)29)23-18-7-4-14(3)10-21(18)30-22-12-16(26)6-9-19(22)23/h4-13,26H,3H2,1-2H3,(H,28,29). The number of phenols is 1. The van der Waals surface area contributed by atoms with Crippen LogP contribution in [0.2, 0.25) is 0 Å². The van der Waals surface area contributed by atoms with E-state index in [1.54, 1.807) is 38.1 Å². The smallest absolute Gasteiger partial charge is 0.336 e. The molecule has 0 amide bonds. The second kappa shape index (κ2) is 7.19. The number of carbonyl (C=O) groups excluding carboxylic acids is 1. The zero-order chi connectivity index (χ0) is 21.6. The number of benzene rings is 3. The van der Waals surface area contributed by atoms with Crippen LogP contribution in [0.4, 0.5) is 0 Å². The lowest BCUT2D eigenvalue weighted by atomic mass is 9.87. The number of hydrogen-bond acceptors (Lipinski definition) is 4. The van der Waals surface area contributed by atoms with Crippen LogP contribution in [0.3, 0.4) is 0 Å². The number of hydrogen-bond donors (Lipinski definition) is 2. The molecule has 0 atom stereocenters. The number of phenolic OH excluding ortho intramolecular Hbond substituents is 1. The number of carboxylic acids is 1. The van der Waals surface area contributed by atoms with Gasteiger partial charge in [0.05, 0.1) is 5.56 Å². The first-order chi connectivity index (χ1) is 14.3. The van der Waals surface area contributed by atoms with Crippen molar-refractivity contribution in [3.8, 4) is 17.2 Å². The summed E-state index contributed by atoms with van der Waals surface area (Å²) in [4.78, 5) is 24.6. The second-order valence-corrected chi connectivity index (χ2v) is 7.57. The maximum atomic E-state index is 12.4. The Morgan fingerprint density at radius 1 is 0.933 bits per heavy atom. The molecule has 0 saturated heterocycles. The van der Waals surface area contributed by atoms with Gasteiger partial charge in [-0.15, -0.1) is 0 Å². The molecule has 1 aliphatic rings. The van der Waals surface area contributed by atoms with E-state index >= 15 is 0 Å². The van der Waals surface area contributed by atoms with Crippen molar-refractivity contribution in [3.63, 3.8) is 0 Å². The molecule has 0 aliphatic carbocycles. The van der Waals surface area contributed by atoms with Crippen molar-refractivity contribution < 1.29 is 24.5 Å². The van der Waals surface area contributed by atoms with Gasteiger partial charge in [-0.1, -0.05) is 44.7 Å². The van der Waals surface area contributed by atoms with Crippen molar-refractivity contribution >= 4 is 23.9 Å². The number of carboxylic acid groups (broad SMARTS) is 1. The third-order valence-corrected chi connectivity index (χ3v) is 5.10. The number of rotatable bonds is 4. The number of aromatic hydroxyl groups is 1. The molecular weight excluding hydrogens is 380 g/mol. The minimum absolute atomic E-state index is 0.0297. The topological polar surface area (TPSA) is 83.8 Å². The third kappa shape index (κ3) is 3.24. The van der Waals surface area contributed by atoms with Gasteiger partial charge < -0.3 is 14.9 Å². The summed E-state index contributed by atoms with van der Waals surface area (Å²) in [5, 5.41) is 21.3. The van der Waals surface area contributed by atoms with E-state index in [1.165, 1.54) is 18.2 Å². The van der Waals surface area contributed by atoms with Crippen molar-refractivity contribution in [2.75, 3.05) is 0 Å². The summed E-state index contributed by atoms with van der Waals surface area (Å²) in [5.41, 5.74) is 2.17. The van der Waals surface area contributed by atoms with Gasteiger partial charge in [-0.25, -0.2) is 4.79 Å². The third-order valence-electron chi connectivity index (χ3n) is 5.10. The molecule has 5 nitrogen and oxygen atoms in total. The minimum Gasteiger partial charge on any atom is -0.508 e. The highest BCUT2D eigenvalue weighted by molar-refractivity contribution is 6.03. The quantitative estimate of drug-likeness (QED) is 0.511. The second-order valence-electron chi connectivity index (χ2n) is 7.57. The minimum atomic E-state index is -1.13. The zero-order valence-electron chi connectivity index (χ0n) is 16.6. The number of ketones is 1. The van der Waals surface area contributed by atoms with Crippen LogP contribution in [0.5, 0.6) is 17.2 Å². The van der Waals surface area contributed by atoms with E-state index in [1.807, 2.05) is 12.1 Å². The maximum absolute atomic E-state index is 12.4. The molecule has 5 heteroatoms. The van der Waals surface area contributed by atoms with Gasteiger partial charge in [-0.05, 0) is 35.0 Å². The first-order valence-electron chi connectivity index (χ1n) is 9.52. The van der Waals surface area contributed by atoms with Crippen LogP contribution in [-0.4, -0.2) is 22.0 Å². The number of aromatic carboxylic acids is 1. The Kier molecular flexibility index (Phi) is 4.66. The van der Waals surface area contributed by atoms with Crippen LogP contribution in [0, 0.1) is 5.92 Å². The van der Waals surface area contributed by atoms with Crippen molar-refractivity contribution in [2.45, 2.75) is 13.8 Å². The molecule has 0 aromatic heterocycles. The molecule has 1 aliphatic heterocycles. The molecule has 1 heterocycles. The molecule has 30 heavy (non-hydrogen) atoms. The molecule has 2 N–H and O–H groups in total. The molecule has 150 valence electrons. The molecule has 3 aromatic carbocycles. The van der Waals surface area contributed by atoms with Crippen LogP contribution >= 0.6 is 0 Å². The number of carbonyl (C=O) groups is 2. The van der Waals surface area contributed by atoms with Gasteiger partial charge in [-0.3, -0.25) is 4.79 Å². The SMILES string of the molecule is C=c1ccc2c(c1)Oc1cc(O)ccc1C=2c1ccc(C(=O)C(C)C)cc1C(=O)O.